The fourth-order valence-corrected chi connectivity index (χ4v) is 8.24. The molecule has 0 spiro atoms. The Kier molecular flexibility index (Phi) is 10.2. The van der Waals surface area contributed by atoms with Gasteiger partial charge < -0.3 is 10.2 Å². The first kappa shape index (κ1) is 26.2. The summed E-state index contributed by atoms with van der Waals surface area (Å²) in [6.45, 7) is 8.71. The van der Waals surface area contributed by atoms with Crippen LogP contribution < -0.4 is 0 Å². The zero-order valence-electron chi connectivity index (χ0n) is 19.5. The first-order chi connectivity index (χ1) is 14.1. The number of aliphatic hydroxyl groups is 2. The minimum Gasteiger partial charge on any atom is -0.396 e. The van der Waals surface area contributed by atoms with Gasteiger partial charge in [-0.25, -0.2) is 0 Å². The second kappa shape index (κ2) is 11.7. The van der Waals surface area contributed by atoms with E-state index >= 15 is 0 Å². The first-order valence-electron chi connectivity index (χ1n) is 11.8. The van der Waals surface area contributed by atoms with Gasteiger partial charge in [0.05, 0.1) is 10.8 Å². The Labute approximate surface area is 189 Å². The molecule has 1 fully saturated rings. The van der Waals surface area contributed by atoms with Gasteiger partial charge in [-0.3, -0.25) is 8.42 Å². The molecule has 0 bridgehead atoms. The third-order valence-corrected chi connectivity index (χ3v) is 11.1. The summed E-state index contributed by atoms with van der Waals surface area (Å²) in [7, 11) is -1.67. The zero-order valence-corrected chi connectivity index (χ0v) is 21.2. The predicted octanol–water partition coefficient (Wildman–Crippen LogP) is 4.83. The third kappa shape index (κ3) is 7.83. The summed E-state index contributed by atoms with van der Waals surface area (Å²) in [4.78, 5) is 1.08. The summed E-state index contributed by atoms with van der Waals surface area (Å²) in [5, 5.41) is 19.6. The number of rotatable bonds is 13. The van der Waals surface area contributed by atoms with E-state index in [4.69, 9.17) is 0 Å². The van der Waals surface area contributed by atoms with Crippen molar-refractivity contribution in [3.63, 3.8) is 0 Å². The average Bonchev–Trinajstić information content (AvgIpc) is 3.23. The summed E-state index contributed by atoms with van der Waals surface area (Å²) in [6, 6.07) is 0. The van der Waals surface area contributed by atoms with Crippen LogP contribution in [0, 0.1) is 10.8 Å². The quantitative estimate of drug-likeness (QED) is 0.413. The Morgan fingerprint density at radius 1 is 0.867 bits per heavy atom. The van der Waals surface area contributed by atoms with Crippen LogP contribution in [-0.4, -0.2) is 47.6 Å². The molecular formula is C24H44O4S2. The molecule has 6 heteroatoms. The van der Waals surface area contributed by atoms with Gasteiger partial charge in [-0.2, -0.15) is 0 Å². The Balaban J connectivity index is 1.69. The lowest BCUT2D eigenvalue weighted by atomic mass is 9.88. The molecule has 2 aliphatic rings. The van der Waals surface area contributed by atoms with Crippen molar-refractivity contribution in [1.29, 1.82) is 0 Å². The van der Waals surface area contributed by atoms with Crippen LogP contribution in [-0.2, 0) is 21.6 Å². The van der Waals surface area contributed by atoms with Crippen LogP contribution in [0.15, 0.2) is 11.0 Å². The van der Waals surface area contributed by atoms with E-state index in [2.05, 4.69) is 33.8 Å². The van der Waals surface area contributed by atoms with Crippen LogP contribution in [0.1, 0.15) is 98.3 Å². The zero-order chi connectivity index (χ0) is 22.4. The monoisotopic (exact) mass is 460 g/mol. The highest BCUT2D eigenvalue weighted by Crippen LogP contribution is 2.35. The molecule has 2 heterocycles. The molecule has 2 N–H and O–H groups in total. The lowest BCUT2D eigenvalue weighted by Crippen LogP contribution is -2.19. The average molecular weight is 461 g/mol. The summed E-state index contributed by atoms with van der Waals surface area (Å²) < 4.78 is 25.7. The minimum absolute atomic E-state index is 0.0388. The van der Waals surface area contributed by atoms with Crippen molar-refractivity contribution >= 4 is 21.6 Å². The fourth-order valence-electron chi connectivity index (χ4n) is 4.55. The molecule has 2 rings (SSSR count). The predicted molar refractivity (Wildman–Crippen MR) is 128 cm³/mol. The minimum atomic E-state index is -0.889. The van der Waals surface area contributed by atoms with E-state index in [1.807, 2.05) is 0 Å². The van der Waals surface area contributed by atoms with Gasteiger partial charge in [-0.15, -0.1) is 0 Å². The number of allylic oxidation sites excluding steroid dienone is 2. The van der Waals surface area contributed by atoms with Crippen molar-refractivity contribution in [2.75, 3.05) is 13.2 Å². The van der Waals surface area contributed by atoms with Crippen molar-refractivity contribution in [2.45, 2.75) is 114 Å². The Morgan fingerprint density at radius 3 is 1.90 bits per heavy atom. The molecule has 0 amide bonds. The molecule has 5 unspecified atom stereocenters. The normalized spacial score (nSPS) is 30.1. The third-order valence-electron chi connectivity index (χ3n) is 6.97. The van der Waals surface area contributed by atoms with Gasteiger partial charge in [0.1, 0.15) is 0 Å². The van der Waals surface area contributed by atoms with Gasteiger partial charge in [0, 0.05) is 44.7 Å². The lowest BCUT2D eigenvalue weighted by Gasteiger charge is -2.22. The SMILES string of the molecule is CC(C)(CO)CCCC1CC=C(CCC2CCC(CCCC(C)(C)CO)S2=O)S1=O. The molecule has 0 radical (unpaired) electrons. The number of hydrogen-bond acceptors (Lipinski definition) is 4. The van der Waals surface area contributed by atoms with Crippen molar-refractivity contribution in [1.82, 2.24) is 0 Å². The van der Waals surface area contributed by atoms with E-state index in [-0.39, 0.29) is 34.5 Å². The van der Waals surface area contributed by atoms with Crippen molar-refractivity contribution in [3.8, 4) is 0 Å². The first-order valence-corrected chi connectivity index (χ1v) is 14.3. The van der Waals surface area contributed by atoms with Crippen molar-refractivity contribution in [2.24, 2.45) is 10.8 Å². The van der Waals surface area contributed by atoms with E-state index in [1.165, 1.54) is 0 Å². The highest BCUT2D eigenvalue weighted by atomic mass is 32.2. The second-order valence-electron chi connectivity index (χ2n) is 10.9. The van der Waals surface area contributed by atoms with Crippen LogP contribution >= 0.6 is 0 Å². The Morgan fingerprint density at radius 2 is 1.37 bits per heavy atom. The Bertz CT molecular complexity index is 627. The molecular weight excluding hydrogens is 416 g/mol. The van der Waals surface area contributed by atoms with Gasteiger partial charge in [0.2, 0.25) is 0 Å². The maximum Gasteiger partial charge on any atom is 0.0519 e. The van der Waals surface area contributed by atoms with E-state index in [0.717, 1.165) is 75.5 Å². The van der Waals surface area contributed by atoms with E-state index < -0.39 is 21.6 Å². The topological polar surface area (TPSA) is 74.6 Å². The maximum absolute atomic E-state index is 12.9. The molecule has 0 aromatic carbocycles. The lowest BCUT2D eigenvalue weighted by molar-refractivity contribution is 0.147. The van der Waals surface area contributed by atoms with Crippen LogP contribution in [0.3, 0.4) is 0 Å². The largest absolute Gasteiger partial charge is 0.396 e. The van der Waals surface area contributed by atoms with Crippen LogP contribution in [0.2, 0.25) is 0 Å². The smallest absolute Gasteiger partial charge is 0.0519 e. The Hall–Kier alpha value is -0.0400. The van der Waals surface area contributed by atoms with E-state index in [0.29, 0.717) is 5.25 Å². The van der Waals surface area contributed by atoms with Crippen molar-refractivity contribution in [3.05, 3.63) is 11.0 Å². The fraction of sp³-hybridized carbons (Fsp3) is 0.917. The second-order valence-corrected chi connectivity index (χ2v) is 14.7. The summed E-state index contributed by atoms with van der Waals surface area (Å²) in [5.41, 5.74) is -0.0871. The van der Waals surface area contributed by atoms with Gasteiger partial charge in [-0.1, -0.05) is 46.6 Å². The van der Waals surface area contributed by atoms with Crippen LogP contribution in [0.5, 0.6) is 0 Å². The molecule has 0 aromatic rings. The highest BCUT2D eigenvalue weighted by molar-refractivity contribution is 7.89. The summed E-state index contributed by atoms with van der Waals surface area (Å²) >= 11 is 0. The molecule has 30 heavy (non-hydrogen) atoms. The van der Waals surface area contributed by atoms with E-state index in [9.17, 15) is 18.6 Å². The molecule has 0 aromatic heterocycles. The molecule has 1 saturated heterocycles. The van der Waals surface area contributed by atoms with Gasteiger partial charge in [-0.05, 0) is 68.6 Å². The maximum atomic E-state index is 12.9. The number of aliphatic hydroxyl groups excluding tert-OH is 2. The summed E-state index contributed by atoms with van der Waals surface area (Å²) in [6.07, 6.45) is 12.8. The highest BCUT2D eigenvalue weighted by Gasteiger charge is 2.34. The molecule has 0 saturated carbocycles. The molecule has 2 aliphatic heterocycles. The number of hydrogen-bond donors (Lipinski definition) is 2. The van der Waals surface area contributed by atoms with Crippen LogP contribution in [0.25, 0.3) is 0 Å². The van der Waals surface area contributed by atoms with Crippen LogP contribution in [0.4, 0.5) is 0 Å². The summed E-state index contributed by atoms with van der Waals surface area (Å²) in [5.74, 6) is 0. The van der Waals surface area contributed by atoms with Gasteiger partial charge in [0.15, 0.2) is 0 Å². The molecule has 0 aliphatic carbocycles. The molecule has 176 valence electrons. The van der Waals surface area contributed by atoms with E-state index in [1.54, 1.807) is 0 Å². The van der Waals surface area contributed by atoms with Gasteiger partial charge >= 0.3 is 0 Å². The molecule has 4 nitrogen and oxygen atoms in total. The molecule has 5 atom stereocenters. The van der Waals surface area contributed by atoms with Crippen molar-refractivity contribution < 1.29 is 18.6 Å². The standard InChI is InChI=1S/C24H44O4S2/c1-23(2,17-25)15-5-7-19-9-11-21(29(19)27)13-14-22-12-10-20(30(22)28)8-6-16-24(3,4)18-26/h11,19-20,22,25-26H,5-10,12-18H2,1-4H3. The van der Waals surface area contributed by atoms with Gasteiger partial charge in [0.25, 0.3) is 0 Å².